The summed E-state index contributed by atoms with van der Waals surface area (Å²) in [5.41, 5.74) is 12.7. The van der Waals surface area contributed by atoms with Gasteiger partial charge in [-0.05, 0) is 23.8 Å². The molecule has 4 heteroatoms. The fourth-order valence-corrected chi connectivity index (χ4v) is 0.864. The molecule has 5 N–H and O–H groups in total. The van der Waals surface area contributed by atoms with Crippen LogP contribution >= 0.6 is 0 Å². The van der Waals surface area contributed by atoms with E-state index in [4.69, 9.17) is 16.6 Å². The first kappa shape index (κ1) is 9.12. The smallest absolute Gasteiger partial charge is 0.328 e. The van der Waals surface area contributed by atoms with Crippen molar-refractivity contribution >= 4 is 23.4 Å². The number of carbonyl (C=O) groups is 1. The molecule has 0 spiro atoms. The van der Waals surface area contributed by atoms with E-state index in [0.29, 0.717) is 16.9 Å². The Morgan fingerprint density at radius 3 is 2.54 bits per heavy atom. The van der Waals surface area contributed by atoms with Gasteiger partial charge < -0.3 is 16.6 Å². The minimum absolute atomic E-state index is 0.451. The zero-order valence-electron chi connectivity index (χ0n) is 6.90. The molecule has 1 aromatic carbocycles. The number of benzene rings is 1. The normalized spacial score (nSPS) is 10.5. The molecule has 0 saturated carbocycles. The SMILES string of the molecule is Nc1ccc(C=CC(=O)O)cc1N. The Hall–Kier alpha value is -1.97. The van der Waals surface area contributed by atoms with Crippen LogP contribution in [0, 0.1) is 0 Å². The Balaban J connectivity index is 2.92. The Kier molecular flexibility index (Phi) is 2.54. The van der Waals surface area contributed by atoms with E-state index in [1.165, 1.54) is 6.08 Å². The van der Waals surface area contributed by atoms with Crippen molar-refractivity contribution in [2.45, 2.75) is 0 Å². The van der Waals surface area contributed by atoms with E-state index in [1.807, 2.05) is 0 Å². The summed E-state index contributed by atoms with van der Waals surface area (Å²) in [5, 5.41) is 8.36. The third kappa shape index (κ3) is 2.52. The van der Waals surface area contributed by atoms with Crippen LogP contribution in [0.25, 0.3) is 6.08 Å². The van der Waals surface area contributed by atoms with Gasteiger partial charge in [-0.2, -0.15) is 0 Å². The second kappa shape index (κ2) is 3.62. The number of hydrogen-bond acceptors (Lipinski definition) is 3. The summed E-state index contributed by atoms with van der Waals surface area (Å²) in [6, 6.07) is 4.96. The molecule has 0 amide bonds. The topological polar surface area (TPSA) is 89.3 Å². The van der Waals surface area contributed by atoms with Gasteiger partial charge in [0.05, 0.1) is 11.4 Å². The third-order valence-electron chi connectivity index (χ3n) is 1.53. The Labute approximate surface area is 75.5 Å². The van der Waals surface area contributed by atoms with Crippen molar-refractivity contribution in [3.05, 3.63) is 29.8 Å². The lowest BCUT2D eigenvalue weighted by Gasteiger charge is -1.99. The molecule has 0 saturated heterocycles. The van der Waals surface area contributed by atoms with Crippen molar-refractivity contribution in [3.8, 4) is 0 Å². The number of nitrogen functional groups attached to an aromatic ring is 2. The maximum Gasteiger partial charge on any atom is 0.328 e. The van der Waals surface area contributed by atoms with Gasteiger partial charge in [-0.25, -0.2) is 4.79 Å². The Morgan fingerprint density at radius 2 is 2.00 bits per heavy atom. The van der Waals surface area contributed by atoms with Gasteiger partial charge >= 0.3 is 5.97 Å². The molecule has 13 heavy (non-hydrogen) atoms. The number of anilines is 2. The van der Waals surface area contributed by atoms with Crippen molar-refractivity contribution in [2.75, 3.05) is 11.5 Å². The number of hydrogen-bond donors (Lipinski definition) is 3. The predicted octanol–water partition coefficient (Wildman–Crippen LogP) is 0.949. The van der Waals surface area contributed by atoms with Gasteiger partial charge in [0, 0.05) is 6.08 Å². The first-order valence-corrected chi connectivity index (χ1v) is 3.65. The summed E-state index contributed by atoms with van der Waals surface area (Å²) < 4.78 is 0. The van der Waals surface area contributed by atoms with Gasteiger partial charge in [0.15, 0.2) is 0 Å². The largest absolute Gasteiger partial charge is 0.478 e. The van der Waals surface area contributed by atoms with Crippen LogP contribution < -0.4 is 11.5 Å². The van der Waals surface area contributed by atoms with Gasteiger partial charge in [-0.1, -0.05) is 6.07 Å². The monoisotopic (exact) mass is 178 g/mol. The number of nitrogens with two attached hydrogens (primary N) is 2. The summed E-state index contributed by atoms with van der Waals surface area (Å²) in [5.74, 6) is -0.990. The van der Waals surface area contributed by atoms with E-state index >= 15 is 0 Å². The fraction of sp³-hybridized carbons (Fsp3) is 0. The average Bonchev–Trinajstić information content (AvgIpc) is 2.07. The zero-order chi connectivity index (χ0) is 9.84. The molecule has 0 heterocycles. The first-order valence-electron chi connectivity index (χ1n) is 3.65. The lowest BCUT2D eigenvalue weighted by molar-refractivity contribution is -0.131. The van der Waals surface area contributed by atoms with Crippen LogP contribution in [-0.4, -0.2) is 11.1 Å². The molecular formula is C9H10N2O2. The van der Waals surface area contributed by atoms with Gasteiger partial charge in [0.2, 0.25) is 0 Å². The number of carboxylic acids is 1. The second-order valence-corrected chi connectivity index (χ2v) is 2.56. The molecule has 1 rings (SSSR count). The number of carboxylic acid groups (broad SMARTS) is 1. The third-order valence-corrected chi connectivity index (χ3v) is 1.53. The van der Waals surface area contributed by atoms with Crippen LogP contribution in [0.3, 0.4) is 0 Å². The zero-order valence-corrected chi connectivity index (χ0v) is 6.90. The van der Waals surface area contributed by atoms with Crippen LogP contribution in [0.5, 0.6) is 0 Å². The molecule has 0 fully saturated rings. The lowest BCUT2D eigenvalue weighted by Crippen LogP contribution is -1.94. The molecule has 4 nitrogen and oxygen atoms in total. The standard InChI is InChI=1S/C9H10N2O2/c10-7-3-1-6(5-8(7)11)2-4-9(12)13/h1-5H,10-11H2,(H,12,13). The lowest BCUT2D eigenvalue weighted by atomic mass is 10.1. The molecule has 0 aliphatic heterocycles. The van der Waals surface area contributed by atoms with Crippen LogP contribution in [0.4, 0.5) is 11.4 Å². The van der Waals surface area contributed by atoms with Crippen LogP contribution in [0.15, 0.2) is 24.3 Å². The summed E-state index contributed by atoms with van der Waals surface area (Å²) in [7, 11) is 0. The molecule has 0 aliphatic rings. The summed E-state index contributed by atoms with van der Waals surface area (Å²) in [6.07, 6.45) is 2.50. The average molecular weight is 178 g/mol. The maximum absolute atomic E-state index is 10.2. The van der Waals surface area contributed by atoms with E-state index in [2.05, 4.69) is 0 Å². The molecule has 1 aromatic rings. The van der Waals surface area contributed by atoms with E-state index in [0.717, 1.165) is 6.08 Å². The highest BCUT2D eigenvalue weighted by Gasteiger charge is 1.94. The molecule has 0 atom stereocenters. The second-order valence-electron chi connectivity index (χ2n) is 2.56. The highest BCUT2D eigenvalue weighted by molar-refractivity contribution is 5.85. The number of rotatable bonds is 2. The highest BCUT2D eigenvalue weighted by Crippen LogP contribution is 2.16. The van der Waals surface area contributed by atoms with Gasteiger partial charge in [0.25, 0.3) is 0 Å². The molecule has 0 unspecified atom stereocenters. The molecule has 68 valence electrons. The minimum atomic E-state index is -0.990. The summed E-state index contributed by atoms with van der Waals surface area (Å²) in [6.45, 7) is 0. The number of aliphatic carboxylic acids is 1. The van der Waals surface area contributed by atoms with Gasteiger partial charge in [0.1, 0.15) is 0 Å². The van der Waals surface area contributed by atoms with Crippen molar-refractivity contribution in [3.63, 3.8) is 0 Å². The summed E-state index contributed by atoms with van der Waals surface area (Å²) >= 11 is 0. The summed E-state index contributed by atoms with van der Waals surface area (Å²) in [4.78, 5) is 10.2. The Bertz CT molecular complexity index is 359. The van der Waals surface area contributed by atoms with E-state index in [9.17, 15) is 4.79 Å². The van der Waals surface area contributed by atoms with Crippen LogP contribution in [0.2, 0.25) is 0 Å². The van der Waals surface area contributed by atoms with Crippen LogP contribution in [-0.2, 0) is 4.79 Å². The van der Waals surface area contributed by atoms with Gasteiger partial charge in [-0.15, -0.1) is 0 Å². The molecule has 0 aliphatic carbocycles. The van der Waals surface area contributed by atoms with Crippen LogP contribution in [0.1, 0.15) is 5.56 Å². The van der Waals surface area contributed by atoms with Crippen molar-refractivity contribution < 1.29 is 9.90 Å². The minimum Gasteiger partial charge on any atom is -0.478 e. The highest BCUT2D eigenvalue weighted by atomic mass is 16.4. The first-order chi connectivity index (χ1) is 6.09. The molecule has 0 radical (unpaired) electrons. The fourth-order valence-electron chi connectivity index (χ4n) is 0.864. The maximum atomic E-state index is 10.2. The molecule has 0 bridgehead atoms. The molecular weight excluding hydrogens is 168 g/mol. The Morgan fingerprint density at radius 1 is 1.31 bits per heavy atom. The van der Waals surface area contributed by atoms with Crippen molar-refractivity contribution in [1.82, 2.24) is 0 Å². The predicted molar refractivity (Wildman–Crippen MR) is 51.9 cm³/mol. The molecule has 0 aromatic heterocycles. The van der Waals surface area contributed by atoms with E-state index in [1.54, 1.807) is 18.2 Å². The van der Waals surface area contributed by atoms with Crippen molar-refractivity contribution in [1.29, 1.82) is 0 Å². The van der Waals surface area contributed by atoms with Crippen molar-refractivity contribution in [2.24, 2.45) is 0 Å². The van der Waals surface area contributed by atoms with E-state index < -0.39 is 5.97 Å². The van der Waals surface area contributed by atoms with E-state index in [-0.39, 0.29) is 0 Å². The van der Waals surface area contributed by atoms with Gasteiger partial charge in [-0.3, -0.25) is 0 Å². The quantitative estimate of drug-likeness (QED) is 0.464.